The molecule has 26 heavy (non-hydrogen) atoms. The van der Waals surface area contributed by atoms with Crippen LogP contribution in [0.5, 0.6) is 0 Å². The molecule has 128 valence electrons. The van der Waals surface area contributed by atoms with Crippen molar-refractivity contribution in [1.29, 1.82) is 0 Å². The molecule has 4 aromatic rings. The zero-order chi connectivity index (χ0) is 17.9. The average Bonchev–Trinajstić information content (AvgIpc) is 2.69. The highest BCUT2D eigenvalue weighted by Crippen LogP contribution is 2.25. The van der Waals surface area contributed by atoms with Crippen molar-refractivity contribution in [2.24, 2.45) is 0 Å². The molecular formula is C20H14N2O2S2. The number of hydrogen-bond acceptors (Lipinski definition) is 5. The van der Waals surface area contributed by atoms with E-state index in [-0.39, 0.29) is 5.56 Å². The van der Waals surface area contributed by atoms with E-state index in [1.54, 1.807) is 24.3 Å². The molecule has 4 rings (SSSR count). The quantitative estimate of drug-likeness (QED) is 0.538. The predicted octanol–water partition coefficient (Wildman–Crippen LogP) is 4.03. The van der Waals surface area contributed by atoms with Gasteiger partial charge in [0.2, 0.25) is 0 Å². The molecule has 2 aromatic heterocycles. The highest BCUT2D eigenvalue weighted by Gasteiger charge is 2.11. The summed E-state index contributed by atoms with van der Waals surface area (Å²) in [5.74, 6) is 0.401. The molecule has 2 heterocycles. The number of pyridine rings is 1. The standard InChI is InChI=1S/C20H14N2O2S2/c23-19-15-9-4-5-11-17(15)25-20(22-19)16-10-6-12-18(21-16)26(24)13-14-7-2-1-3-8-14/h1-12H,13H2. The SMILES string of the molecule is O=c1nc(-c2cccc(S(=O)Cc3ccccc3)n2)sc2ccccc12. The lowest BCUT2D eigenvalue weighted by atomic mass is 10.2. The third-order valence-electron chi connectivity index (χ3n) is 3.84. The third-order valence-corrected chi connectivity index (χ3v) is 6.20. The smallest absolute Gasteiger partial charge is 0.267 e. The zero-order valence-corrected chi connectivity index (χ0v) is 15.3. The van der Waals surface area contributed by atoms with Crippen LogP contribution in [-0.2, 0) is 16.6 Å². The normalized spacial score (nSPS) is 12.2. The van der Waals surface area contributed by atoms with Crippen LogP contribution in [0.25, 0.3) is 20.8 Å². The van der Waals surface area contributed by atoms with E-state index in [0.717, 1.165) is 10.3 Å². The van der Waals surface area contributed by atoms with Gasteiger partial charge in [0.25, 0.3) is 5.56 Å². The summed E-state index contributed by atoms with van der Waals surface area (Å²) in [4.78, 5) is 20.9. The van der Waals surface area contributed by atoms with Crippen LogP contribution in [0.2, 0.25) is 0 Å². The number of aromatic nitrogens is 2. The highest BCUT2D eigenvalue weighted by atomic mass is 32.2. The van der Waals surface area contributed by atoms with Crippen LogP contribution in [0.4, 0.5) is 0 Å². The molecule has 2 aromatic carbocycles. The number of fused-ring (bicyclic) bond motifs is 1. The summed E-state index contributed by atoms with van der Waals surface area (Å²) in [6.45, 7) is 0. The molecule has 0 saturated heterocycles. The number of hydrogen-bond donors (Lipinski definition) is 0. The van der Waals surface area contributed by atoms with E-state index in [0.29, 0.717) is 26.9 Å². The minimum Gasteiger partial charge on any atom is -0.267 e. The summed E-state index contributed by atoms with van der Waals surface area (Å²) >= 11 is 1.41. The number of nitrogens with zero attached hydrogens (tertiary/aromatic N) is 2. The Hall–Kier alpha value is -2.70. The first-order valence-corrected chi connectivity index (χ1v) is 10.1. The van der Waals surface area contributed by atoms with Gasteiger partial charge in [0, 0.05) is 4.70 Å². The van der Waals surface area contributed by atoms with Crippen LogP contribution in [0.1, 0.15) is 5.56 Å². The van der Waals surface area contributed by atoms with Gasteiger partial charge in [-0.05, 0) is 29.8 Å². The largest absolute Gasteiger partial charge is 0.279 e. The van der Waals surface area contributed by atoms with Crippen LogP contribution in [0.15, 0.2) is 82.6 Å². The second-order valence-corrected chi connectivity index (χ2v) is 8.09. The molecule has 0 N–H and O–H groups in total. The summed E-state index contributed by atoms with van der Waals surface area (Å²) in [5.41, 5.74) is 1.29. The van der Waals surface area contributed by atoms with Crippen LogP contribution in [0.3, 0.4) is 0 Å². The summed E-state index contributed by atoms with van der Waals surface area (Å²) in [6.07, 6.45) is 0. The van der Waals surface area contributed by atoms with Gasteiger partial charge in [0.15, 0.2) is 0 Å². The number of rotatable bonds is 4. The summed E-state index contributed by atoms with van der Waals surface area (Å²) < 4.78 is 13.5. The molecule has 6 heteroatoms. The van der Waals surface area contributed by atoms with Gasteiger partial charge >= 0.3 is 0 Å². The Labute approximate surface area is 156 Å². The second kappa shape index (κ2) is 7.27. The topological polar surface area (TPSA) is 59.9 Å². The molecule has 0 bridgehead atoms. The van der Waals surface area contributed by atoms with Gasteiger partial charge < -0.3 is 0 Å². The fraction of sp³-hybridized carbons (Fsp3) is 0.0500. The van der Waals surface area contributed by atoms with Crippen LogP contribution in [0, 0.1) is 0 Å². The van der Waals surface area contributed by atoms with Crippen molar-refractivity contribution in [3.63, 3.8) is 0 Å². The Morgan fingerprint density at radius 1 is 0.846 bits per heavy atom. The molecule has 0 aliphatic heterocycles. The van der Waals surface area contributed by atoms with Crippen molar-refractivity contribution in [1.82, 2.24) is 9.97 Å². The Morgan fingerprint density at radius 3 is 2.46 bits per heavy atom. The molecule has 0 spiro atoms. The van der Waals surface area contributed by atoms with Crippen LogP contribution >= 0.6 is 11.3 Å². The second-order valence-electron chi connectivity index (χ2n) is 5.66. The number of benzene rings is 2. The lowest BCUT2D eigenvalue weighted by Gasteiger charge is -2.05. The lowest BCUT2D eigenvalue weighted by molar-refractivity contribution is 0.680. The van der Waals surface area contributed by atoms with E-state index in [1.807, 2.05) is 48.5 Å². The molecular weight excluding hydrogens is 364 g/mol. The first-order valence-electron chi connectivity index (χ1n) is 8.00. The van der Waals surface area contributed by atoms with Crippen molar-refractivity contribution in [3.05, 3.63) is 88.7 Å². The van der Waals surface area contributed by atoms with Gasteiger partial charge in [-0.3, -0.25) is 9.00 Å². The molecule has 0 fully saturated rings. The summed E-state index contributed by atoms with van der Waals surface area (Å²) in [5, 5.41) is 1.62. The molecule has 0 radical (unpaired) electrons. The molecule has 1 unspecified atom stereocenters. The van der Waals surface area contributed by atoms with E-state index in [1.165, 1.54) is 11.3 Å². The fourth-order valence-corrected chi connectivity index (χ4v) is 4.62. The highest BCUT2D eigenvalue weighted by molar-refractivity contribution is 7.84. The maximum atomic E-state index is 12.6. The van der Waals surface area contributed by atoms with E-state index in [2.05, 4.69) is 9.97 Å². The van der Waals surface area contributed by atoms with Crippen LogP contribution < -0.4 is 5.56 Å². The van der Waals surface area contributed by atoms with E-state index in [4.69, 9.17) is 0 Å². The van der Waals surface area contributed by atoms with E-state index < -0.39 is 10.8 Å². The van der Waals surface area contributed by atoms with Gasteiger partial charge in [0.1, 0.15) is 15.7 Å². The summed E-state index contributed by atoms with van der Waals surface area (Å²) in [6, 6.07) is 22.4. The maximum absolute atomic E-state index is 12.6. The van der Waals surface area contributed by atoms with Gasteiger partial charge in [-0.1, -0.05) is 48.5 Å². The predicted molar refractivity (Wildman–Crippen MR) is 106 cm³/mol. The minimum absolute atomic E-state index is 0.271. The van der Waals surface area contributed by atoms with Crippen molar-refractivity contribution in [2.45, 2.75) is 10.8 Å². The van der Waals surface area contributed by atoms with E-state index in [9.17, 15) is 9.00 Å². The fourth-order valence-electron chi connectivity index (χ4n) is 2.58. The molecule has 4 nitrogen and oxygen atoms in total. The molecule has 0 amide bonds. The first-order chi connectivity index (χ1) is 12.7. The molecule has 1 atom stereocenters. The Kier molecular flexibility index (Phi) is 4.69. The van der Waals surface area contributed by atoms with Crippen molar-refractivity contribution >= 4 is 32.2 Å². The average molecular weight is 378 g/mol. The Bertz CT molecular complexity index is 1160. The molecule has 0 saturated carbocycles. The monoisotopic (exact) mass is 378 g/mol. The third kappa shape index (κ3) is 3.47. The zero-order valence-electron chi connectivity index (χ0n) is 13.7. The maximum Gasteiger partial charge on any atom is 0.279 e. The minimum atomic E-state index is -1.26. The van der Waals surface area contributed by atoms with Crippen molar-refractivity contribution < 1.29 is 4.21 Å². The van der Waals surface area contributed by atoms with Crippen molar-refractivity contribution in [2.75, 3.05) is 0 Å². The van der Waals surface area contributed by atoms with Gasteiger partial charge in [-0.2, -0.15) is 4.98 Å². The Balaban J connectivity index is 1.70. The van der Waals surface area contributed by atoms with Gasteiger partial charge in [-0.15, -0.1) is 11.3 Å². The van der Waals surface area contributed by atoms with Gasteiger partial charge in [0.05, 0.1) is 21.9 Å². The Morgan fingerprint density at radius 2 is 1.62 bits per heavy atom. The van der Waals surface area contributed by atoms with Crippen molar-refractivity contribution in [3.8, 4) is 10.7 Å². The first kappa shape index (κ1) is 16.8. The molecule has 0 aliphatic rings. The molecule has 0 aliphatic carbocycles. The van der Waals surface area contributed by atoms with Gasteiger partial charge in [-0.25, -0.2) is 4.98 Å². The summed E-state index contributed by atoms with van der Waals surface area (Å²) in [7, 11) is -1.26. The van der Waals surface area contributed by atoms with Crippen LogP contribution in [-0.4, -0.2) is 14.2 Å². The van der Waals surface area contributed by atoms with E-state index >= 15 is 0 Å². The lowest BCUT2D eigenvalue weighted by Crippen LogP contribution is -2.07.